The fraction of sp³-hybridized carbons (Fsp3) is 0.800. The van der Waals surface area contributed by atoms with Crippen LogP contribution in [0.2, 0.25) is 0 Å². The lowest BCUT2D eigenvalue weighted by atomic mass is 10.0. The van der Waals surface area contributed by atoms with Crippen molar-refractivity contribution in [2.24, 2.45) is 5.92 Å². The van der Waals surface area contributed by atoms with Crippen LogP contribution in [-0.4, -0.2) is 47.7 Å². The van der Waals surface area contributed by atoms with Gasteiger partial charge in [0.15, 0.2) is 5.13 Å². The number of hydrogen-bond donors (Lipinski definition) is 1. The van der Waals surface area contributed by atoms with Crippen LogP contribution < -0.4 is 4.90 Å². The molecule has 0 amide bonds. The minimum atomic E-state index is -0.320. The number of nitrogens with zero attached hydrogens (tertiary/aromatic N) is 3. The van der Waals surface area contributed by atoms with Gasteiger partial charge in [0.2, 0.25) is 0 Å². The summed E-state index contributed by atoms with van der Waals surface area (Å²) in [4.78, 5) is 11.1. The minimum absolute atomic E-state index is 0.320. The predicted molar refractivity (Wildman–Crippen MR) is 81.4 cm³/mol. The molecule has 1 unspecified atom stereocenters. The highest BCUT2D eigenvalue weighted by atomic mass is 32.1. The maximum absolute atomic E-state index is 10.0. The van der Waals surface area contributed by atoms with E-state index in [2.05, 4.69) is 9.80 Å². The zero-order valence-electron chi connectivity index (χ0n) is 11.9. The summed E-state index contributed by atoms with van der Waals surface area (Å²) in [6.07, 6.45) is 5.65. The van der Waals surface area contributed by atoms with Gasteiger partial charge in [0.05, 0.1) is 11.8 Å². The largest absolute Gasteiger partial charge is 0.387 e. The van der Waals surface area contributed by atoms with Crippen molar-refractivity contribution in [1.29, 1.82) is 0 Å². The highest BCUT2D eigenvalue weighted by Gasteiger charge is 2.29. The van der Waals surface area contributed by atoms with Crippen LogP contribution in [0.15, 0.2) is 0 Å². The van der Waals surface area contributed by atoms with Crippen LogP contribution in [0.1, 0.15) is 42.4 Å². The summed E-state index contributed by atoms with van der Waals surface area (Å²) in [5.74, 6) is 0.990. The molecule has 0 aromatic carbocycles. The van der Waals surface area contributed by atoms with Crippen molar-refractivity contribution in [3.63, 3.8) is 0 Å². The molecule has 4 rings (SSSR count). The summed E-state index contributed by atoms with van der Waals surface area (Å²) < 4.78 is 0. The van der Waals surface area contributed by atoms with Gasteiger partial charge in [-0.15, -0.1) is 11.3 Å². The molecule has 3 aliphatic rings. The van der Waals surface area contributed by atoms with Crippen molar-refractivity contribution in [3.05, 3.63) is 10.6 Å². The molecule has 1 saturated heterocycles. The SMILES string of the molecule is OC1CCCc2sc(N3CCN(CC4CC4)CC3)nc21. The molecule has 1 aromatic heterocycles. The van der Waals surface area contributed by atoms with Crippen LogP contribution in [0, 0.1) is 5.92 Å². The van der Waals surface area contributed by atoms with Gasteiger partial charge in [-0.05, 0) is 38.0 Å². The molecule has 5 heteroatoms. The Labute approximate surface area is 124 Å². The molecule has 2 fully saturated rings. The fourth-order valence-electron chi connectivity index (χ4n) is 3.31. The number of hydrogen-bond acceptors (Lipinski definition) is 5. The monoisotopic (exact) mass is 293 g/mol. The maximum Gasteiger partial charge on any atom is 0.185 e. The highest BCUT2D eigenvalue weighted by molar-refractivity contribution is 7.15. The number of aromatic nitrogens is 1. The van der Waals surface area contributed by atoms with Crippen LogP contribution in [0.3, 0.4) is 0 Å². The van der Waals surface area contributed by atoms with E-state index in [0.717, 1.165) is 49.1 Å². The molecule has 4 nitrogen and oxygen atoms in total. The molecule has 1 aliphatic heterocycles. The lowest BCUT2D eigenvalue weighted by molar-refractivity contribution is 0.153. The number of aliphatic hydroxyl groups excluding tert-OH is 1. The Morgan fingerprint density at radius 2 is 1.95 bits per heavy atom. The van der Waals surface area contributed by atoms with Gasteiger partial charge >= 0.3 is 0 Å². The van der Waals surface area contributed by atoms with Gasteiger partial charge in [0, 0.05) is 37.6 Å². The van der Waals surface area contributed by atoms with Crippen molar-refractivity contribution >= 4 is 16.5 Å². The first-order valence-electron chi connectivity index (χ1n) is 7.94. The Bertz CT molecular complexity index is 477. The second-order valence-electron chi connectivity index (χ2n) is 6.44. The maximum atomic E-state index is 10.0. The molecule has 1 aromatic rings. The highest BCUT2D eigenvalue weighted by Crippen LogP contribution is 2.37. The zero-order chi connectivity index (χ0) is 13.5. The van der Waals surface area contributed by atoms with E-state index in [0.29, 0.717) is 0 Å². The third kappa shape index (κ3) is 2.59. The van der Waals surface area contributed by atoms with Gasteiger partial charge in [-0.25, -0.2) is 4.98 Å². The van der Waals surface area contributed by atoms with Crippen molar-refractivity contribution in [2.75, 3.05) is 37.6 Å². The van der Waals surface area contributed by atoms with Crippen LogP contribution in [-0.2, 0) is 6.42 Å². The van der Waals surface area contributed by atoms with E-state index < -0.39 is 0 Å². The zero-order valence-corrected chi connectivity index (χ0v) is 12.7. The number of piperazine rings is 1. The average Bonchev–Trinajstić information content (AvgIpc) is 3.16. The summed E-state index contributed by atoms with van der Waals surface area (Å²) in [6, 6.07) is 0. The molecular formula is C15H23N3OS. The minimum Gasteiger partial charge on any atom is -0.387 e. The molecule has 0 radical (unpaired) electrons. The Hall–Kier alpha value is -0.650. The summed E-state index contributed by atoms with van der Waals surface area (Å²) in [5.41, 5.74) is 0.969. The van der Waals surface area contributed by atoms with Gasteiger partial charge in [-0.3, -0.25) is 4.90 Å². The third-order valence-corrected chi connectivity index (χ3v) is 5.96. The Morgan fingerprint density at radius 3 is 2.65 bits per heavy atom. The summed E-state index contributed by atoms with van der Waals surface area (Å²) in [5, 5.41) is 11.2. The molecule has 1 N–H and O–H groups in total. The van der Waals surface area contributed by atoms with E-state index in [4.69, 9.17) is 4.98 Å². The van der Waals surface area contributed by atoms with Gasteiger partial charge in [-0.1, -0.05) is 0 Å². The first-order valence-corrected chi connectivity index (χ1v) is 8.76. The standard InChI is InChI=1S/C15H23N3OS/c19-12-2-1-3-13-14(12)16-15(20-13)18-8-6-17(7-9-18)10-11-4-5-11/h11-12,19H,1-10H2. The number of aryl methyl sites for hydroxylation is 1. The lowest BCUT2D eigenvalue weighted by Crippen LogP contribution is -2.47. The van der Waals surface area contributed by atoms with Crippen molar-refractivity contribution in [2.45, 2.75) is 38.2 Å². The Kier molecular flexibility index (Phi) is 3.44. The van der Waals surface area contributed by atoms with Crippen LogP contribution >= 0.6 is 11.3 Å². The van der Waals surface area contributed by atoms with Gasteiger partial charge < -0.3 is 10.0 Å². The second-order valence-corrected chi connectivity index (χ2v) is 7.51. The normalized spacial score (nSPS) is 27.6. The molecule has 1 saturated carbocycles. The second kappa shape index (κ2) is 5.28. The number of thiazole rings is 1. The number of aliphatic hydroxyl groups is 1. The van der Waals surface area contributed by atoms with Gasteiger partial charge in [-0.2, -0.15) is 0 Å². The molecular weight excluding hydrogens is 270 g/mol. The molecule has 1 atom stereocenters. The van der Waals surface area contributed by atoms with Crippen LogP contribution in [0.25, 0.3) is 0 Å². The molecule has 110 valence electrons. The van der Waals surface area contributed by atoms with E-state index in [-0.39, 0.29) is 6.10 Å². The van der Waals surface area contributed by atoms with Crippen molar-refractivity contribution < 1.29 is 5.11 Å². The average molecular weight is 293 g/mol. The van der Waals surface area contributed by atoms with Gasteiger partial charge in [0.25, 0.3) is 0 Å². The first kappa shape index (κ1) is 13.0. The van der Waals surface area contributed by atoms with E-state index in [9.17, 15) is 5.11 Å². The van der Waals surface area contributed by atoms with Crippen molar-refractivity contribution in [3.8, 4) is 0 Å². The quantitative estimate of drug-likeness (QED) is 0.926. The van der Waals surface area contributed by atoms with E-state index in [1.807, 2.05) is 11.3 Å². The Morgan fingerprint density at radius 1 is 1.15 bits per heavy atom. The third-order valence-electron chi connectivity index (χ3n) is 4.77. The summed E-state index contributed by atoms with van der Waals surface area (Å²) in [6.45, 7) is 5.83. The predicted octanol–water partition coefficient (Wildman–Crippen LogP) is 2.04. The number of anilines is 1. The van der Waals surface area contributed by atoms with Crippen LogP contribution in [0.4, 0.5) is 5.13 Å². The summed E-state index contributed by atoms with van der Waals surface area (Å²) >= 11 is 1.81. The van der Waals surface area contributed by atoms with E-state index >= 15 is 0 Å². The Balaban J connectivity index is 1.41. The van der Waals surface area contributed by atoms with Gasteiger partial charge in [0.1, 0.15) is 0 Å². The first-order chi connectivity index (χ1) is 9.79. The number of rotatable bonds is 3. The van der Waals surface area contributed by atoms with E-state index in [1.165, 1.54) is 37.4 Å². The molecule has 0 bridgehead atoms. The molecule has 0 spiro atoms. The van der Waals surface area contributed by atoms with Crippen LogP contribution in [0.5, 0.6) is 0 Å². The lowest BCUT2D eigenvalue weighted by Gasteiger charge is -2.34. The molecule has 2 aliphatic carbocycles. The number of fused-ring (bicyclic) bond motifs is 1. The van der Waals surface area contributed by atoms with Crippen molar-refractivity contribution in [1.82, 2.24) is 9.88 Å². The smallest absolute Gasteiger partial charge is 0.185 e. The van der Waals surface area contributed by atoms with E-state index in [1.54, 1.807) is 0 Å². The molecule has 20 heavy (non-hydrogen) atoms. The molecule has 2 heterocycles. The fourth-order valence-corrected chi connectivity index (χ4v) is 4.51. The topological polar surface area (TPSA) is 39.6 Å². The summed E-state index contributed by atoms with van der Waals surface area (Å²) in [7, 11) is 0.